The highest BCUT2D eigenvalue weighted by molar-refractivity contribution is 5.74. The van der Waals surface area contributed by atoms with Crippen LogP contribution < -0.4 is 4.74 Å². The molecule has 210 valence electrons. The van der Waals surface area contributed by atoms with Crippen LogP contribution >= 0.6 is 0 Å². The number of aromatic hydroxyl groups is 2. The molecule has 0 saturated heterocycles. The summed E-state index contributed by atoms with van der Waals surface area (Å²) in [7, 11) is 0. The van der Waals surface area contributed by atoms with E-state index < -0.39 is 11.4 Å². The van der Waals surface area contributed by atoms with E-state index in [0.717, 1.165) is 81.1 Å². The Morgan fingerprint density at radius 3 is 2.11 bits per heavy atom. The van der Waals surface area contributed by atoms with Crippen molar-refractivity contribution < 1.29 is 24.9 Å². The van der Waals surface area contributed by atoms with Gasteiger partial charge in [0.1, 0.15) is 17.2 Å². The van der Waals surface area contributed by atoms with E-state index in [1.807, 2.05) is 25.1 Å². The van der Waals surface area contributed by atoms with Gasteiger partial charge in [-0.2, -0.15) is 0 Å². The van der Waals surface area contributed by atoms with Crippen LogP contribution in [0.5, 0.6) is 17.2 Å². The fraction of sp³-hybridized carbons (Fsp3) is 0.606. The molecule has 0 radical (unpaired) electrons. The number of phenols is 2. The molecule has 3 atom stereocenters. The molecule has 1 aliphatic heterocycles. The Bertz CT molecular complexity index is 1020. The van der Waals surface area contributed by atoms with E-state index in [2.05, 4.69) is 13.8 Å². The van der Waals surface area contributed by atoms with E-state index in [4.69, 9.17) is 4.74 Å². The van der Waals surface area contributed by atoms with Gasteiger partial charge in [-0.1, -0.05) is 96.3 Å². The Labute approximate surface area is 229 Å². The molecule has 3 N–H and O–H groups in total. The molecule has 0 bridgehead atoms. The van der Waals surface area contributed by atoms with Crippen LogP contribution in [0.15, 0.2) is 42.5 Å². The van der Waals surface area contributed by atoms with Gasteiger partial charge in [0, 0.05) is 17.4 Å². The minimum absolute atomic E-state index is 0.217. The number of carbonyl (C=O) groups is 1. The van der Waals surface area contributed by atoms with Gasteiger partial charge in [0.05, 0.1) is 12.0 Å². The molecule has 2 aromatic carbocycles. The van der Waals surface area contributed by atoms with Gasteiger partial charge < -0.3 is 20.1 Å². The molecule has 3 rings (SSSR count). The Balaban J connectivity index is 1.47. The van der Waals surface area contributed by atoms with Crippen molar-refractivity contribution in [3.63, 3.8) is 0 Å². The van der Waals surface area contributed by atoms with Crippen LogP contribution in [0.4, 0.5) is 0 Å². The number of carboxylic acids is 1. The molecule has 0 aromatic heterocycles. The first-order valence-electron chi connectivity index (χ1n) is 14.7. The van der Waals surface area contributed by atoms with Crippen LogP contribution in [0.1, 0.15) is 121 Å². The third-order valence-electron chi connectivity index (χ3n) is 8.77. The van der Waals surface area contributed by atoms with Crippen molar-refractivity contribution in [1.29, 1.82) is 0 Å². The predicted octanol–water partition coefficient (Wildman–Crippen LogP) is 8.71. The quantitative estimate of drug-likeness (QED) is 0.191. The summed E-state index contributed by atoms with van der Waals surface area (Å²) < 4.78 is 6.12. The van der Waals surface area contributed by atoms with E-state index in [1.165, 1.54) is 19.3 Å². The third kappa shape index (κ3) is 7.68. The molecule has 5 nitrogen and oxygen atoms in total. The van der Waals surface area contributed by atoms with E-state index in [0.29, 0.717) is 6.61 Å². The molecule has 1 aliphatic rings. The molecule has 5 heteroatoms. The molecular weight excluding hydrogens is 476 g/mol. The standard InChI is InChI=1S/C33H48O5/c1-4-5-12-21-32(2,31(36)37)22-13-10-8-6-7-9-11-14-29-28-20-19-27(35)23-30(28)38-24-33(29,3)25-15-17-26(34)18-16-25/h15-20,23,29,34-35H,4-14,21-22,24H2,1-3H3,(H,36,37)/t29-,32?,33-/m1/s1. The fourth-order valence-electron chi connectivity index (χ4n) is 6.06. The molecule has 1 unspecified atom stereocenters. The lowest BCUT2D eigenvalue weighted by atomic mass is 9.66. The number of rotatable bonds is 16. The number of ether oxygens (including phenoxy) is 1. The second-order valence-corrected chi connectivity index (χ2v) is 11.9. The fourth-order valence-corrected chi connectivity index (χ4v) is 6.06. The number of phenolic OH excluding ortho intramolecular Hbond substituents is 2. The lowest BCUT2D eigenvalue weighted by Gasteiger charge is -2.43. The van der Waals surface area contributed by atoms with Gasteiger partial charge in [-0.05, 0) is 55.5 Å². The summed E-state index contributed by atoms with van der Waals surface area (Å²) in [6.07, 6.45) is 13.8. The number of hydrogen-bond donors (Lipinski definition) is 3. The zero-order chi connectivity index (χ0) is 27.6. The van der Waals surface area contributed by atoms with E-state index >= 15 is 0 Å². The first-order chi connectivity index (χ1) is 18.2. The van der Waals surface area contributed by atoms with Gasteiger partial charge >= 0.3 is 5.97 Å². The molecule has 0 fully saturated rings. The average Bonchev–Trinajstić information content (AvgIpc) is 2.89. The number of aliphatic carboxylic acids is 1. The van der Waals surface area contributed by atoms with Crippen LogP contribution in [0.2, 0.25) is 0 Å². The molecule has 0 saturated carbocycles. The zero-order valence-corrected chi connectivity index (χ0v) is 23.7. The van der Waals surface area contributed by atoms with Crippen molar-refractivity contribution in [2.75, 3.05) is 6.61 Å². The van der Waals surface area contributed by atoms with E-state index in [1.54, 1.807) is 24.3 Å². The van der Waals surface area contributed by atoms with Crippen LogP contribution in [0.25, 0.3) is 0 Å². The second kappa shape index (κ2) is 13.9. The second-order valence-electron chi connectivity index (χ2n) is 11.9. The van der Waals surface area contributed by atoms with Gasteiger partial charge in [0.25, 0.3) is 0 Å². The first-order valence-corrected chi connectivity index (χ1v) is 14.7. The number of carboxylic acid groups (broad SMARTS) is 1. The van der Waals surface area contributed by atoms with Crippen molar-refractivity contribution in [2.45, 2.75) is 116 Å². The van der Waals surface area contributed by atoms with E-state index in [9.17, 15) is 20.1 Å². The van der Waals surface area contributed by atoms with Crippen molar-refractivity contribution >= 4 is 5.97 Å². The smallest absolute Gasteiger partial charge is 0.309 e. The van der Waals surface area contributed by atoms with E-state index in [-0.39, 0.29) is 22.8 Å². The summed E-state index contributed by atoms with van der Waals surface area (Å²) in [4.78, 5) is 11.8. The number of fused-ring (bicyclic) bond motifs is 1. The van der Waals surface area contributed by atoms with Crippen LogP contribution in [0, 0.1) is 5.41 Å². The van der Waals surface area contributed by atoms with Crippen molar-refractivity contribution in [1.82, 2.24) is 0 Å². The maximum Gasteiger partial charge on any atom is 0.309 e. The minimum atomic E-state index is -0.641. The molecule has 0 amide bonds. The van der Waals surface area contributed by atoms with Gasteiger partial charge in [-0.3, -0.25) is 4.79 Å². The Hall–Kier alpha value is -2.69. The van der Waals surface area contributed by atoms with Crippen molar-refractivity contribution in [3.8, 4) is 17.2 Å². The maximum absolute atomic E-state index is 11.8. The molecule has 38 heavy (non-hydrogen) atoms. The first kappa shape index (κ1) is 29.9. The molecule has 0 spiro atoms. The number of benzene rings is 2. The van der Waals surface area contributed by atoms with Gasteiger partial charge in [-0.15, -0.1) is 0 Å². The SMILES string of the molecule is CCCCCC(C)(CCCCCCCCC[C@@H]1c2ccc(O)cc2OC[C@]1(C)c1ccc(O)cc1)C(=O)O. The molecule has 0 aliphatic carbocycles. The number of unbranched alkanes of at least 4 members (excludes halogenated alkanes) is 8. The third-order valence-corrected chi connectivity index (χ3v) is 8.77. The van der Waals surface area contributed by atoms with Crippen LogP contribution in [0.3, 0.4) is 0 Å². The Morgan fingerprint density at radius 2 is 1.47 bits per heavy atom. The normalized spacial score (nSPS) is 20.3. The number of hydrogen-bond acceptors (Lipinski definition) is 4. The van der Waals surface area contributed by atoms with Gasteiger partial charge in [0.2, 0.25) is 0 Å². The maximum atomic E-state index is 11.8. The van der Waals surface area contributed by atoms with Gasteiger partial charge in [0.15, 0.2) is 0 Å². The Kier molecular flexibility index (Phi) is 10.9. The molecule has 1 heterocycles. The predicted molar refractivity (Wildman–Crippen MR) is 153 cm³/mol. The lowest BCUT2D eigenvalue weighted by Crippen LogP contribution is -2.40. The highest BCUT2D eigenvalue weighted by Crippen LogP contribution is 2.49. The summed E-state index contributed by atoms with van der Waals surface area (Å²) in [5.41, 5.74) is 1.51. The average molecular weight is 525 g/mol. The Morgan fingerprint density at radius 1 is 0.895 bits per heavy atom. The van der Waals surface area contributed by atoms with Crippen molar-refractivity contribution in [2.24, 2.45) is 5.41 Å². The summed E-state index contributed by atoms with van der Waals surface area (Å²) in [6, 6.07) is 12.9. The van der Waals surface area contributed by atoms with Crippen LogP contribution in [-0.4, -0.2) is 27.9 Å². The molecular formula is C33H48O5. The zero-order valence-electron chi connectivity index (χ0n) is 23.7. The summed E-state index contributed by atoms with van der Waals surface area (Å²) in [5, 5.41) is 29.5. The topological polar surface area (TPSA) is 87.0 Å². The summed E-state index contributed by atoms with van der Waals surface area (Å²) >= 11 is 0. The summed E-state index contributed by atoms with van der Waals surface area (Å²) in [5.74, 6) is 0.880. The van der Waals surface area contributed by atoms with Crippen LogP contribution in [-0.2, 0) is 10.2 Å². The highest BCUT2D eigenvalue weighted by atomic mass is 16.5. The van der Waals surface area contributed by atoms with Gasteiger partial charge in [-0.25, -0.2) is 0 Å². The van der Waals surface area contributed by atoms with Crippen molar-refractivity contribution in [3.05, 3.63) is 53.6 Å². The monoisotopic (exact) mass is 524 g/mol. The minimum Gasteiger partial charge on any atom is -0.508 e. The lowest BCUT2D eigenvalue weighted by molar-refractivity contribution is -0.149. The molecule has 2 aromatic rings. The summed E-state index contributed by atoms with van der Waals surface area (Å²) in [6.45, 7) is 6.85. The highest BCUT2D eigenvalue weighted by Gasteiger charge is 2.42. The largest absolute Gasteiger partial charge is 0.508 e.